The highest BCUT2D eigenvalue weighted by atomic mass is 35.5. The monoisotopic (exact) mass is 262 g/mol. The van der Waals surface area contributed by atoms with Crippen molar-refractivity contribution in [3.63, 3.8) is 0 Å². The molecule has 0 aliphatic carbocycles. The van der Waals surface area contributed by atoms with Crippen molar-refractivity contribution < 1.29 is 4.39 Å². The van der Waals surface area contributed by atoms with Crippen LogP contribution in [0.1, 0.15) is 11.1 Å². The van der Waals surface area contributed by atoms with Crippen LogP contribution in [0.25, 0.3) is 0 Å². The zero-order chi connectivity index (χ0) is 12.5. The summed E-state index contributed by atoms with van der Waals surface area (Å²) in [4.78, 5) is 5.84. The van der Waals surface area contributed by atoms with Crippen LogP contribution in [0.5, 0.6) is 0 Å². The molecule has 4 heteroatoms. The maximum absolute atomic E-state index is 13.5. The number of hydrogen-bond donors (Lipinski definition) is 0. The summed E-state index contributed by atoms with van der Waals surface area (Å²) in [5.41, 5.74) is 3.00. The van der Waals surface area contributed by atoms with Crippen molar-refractivity contribution in [2.45, 2.75) is 13.0 Å². The zero-order valence-corrected chi connectivity index (χ0v) is 10.5. The first-order chi connectivity index (χ1) is 8.74. The first kappa shape index (κ1) is 11.5. The second kappa shape index (κ2) is 4.58. The Hall–Kier alpha value is -1.61. The average molecular weight is 263 g/mol. The number of fused-ring (bicyclic) bond motifs is 1. The predicted molar refractivity (Wildman–Crippen MR) is 70.4 cm³/mol. The number of pyridine rings is 1. The lowest BCUT2D eigenvalue weighted by Gasteiger charge is -2.19. The molecule has 1 aromatic heterocycles. The van der Waals surface area contributed by atoms with Crippen LogP contribution in [0.3, 0.4) is 0 Å². The number of aromatic nitrogens is 1. The molecule has 0 saturated heterocycles. The fourth-order valence-electron chi connectivity index (χ4n) is 2.35. The smallest absolute Gasteiger partial charge is 0.217 e. The molecule has 92 valence electrons. The third-order valence-electron chi connectivity index (χ3n) is 3.23. The summed E-state index contributed by atoms with van der Waals surface area (Å²) < 4.78 is 13.5. The SMILES string of the molecule is Fc1ncccc1CN1CCc2cc(Cl)ccc21. The Bertz CT molecular complexity index is 586. The van der Waals surface area contributed by atoms with Crippen molar-refractivity contribution in [1.82, 2.24) is 4.98 Å². The fraction of sp³-hybridized carbons (Fsp3) is 0.214. The largest absolute Gasteiger partial charge is 0.366 e. The van der Waals surface area contributed by atoms with Crippen LogP contribution in [0.2, 0.25) is 5.02 Å². The van der Waals surface area contributed by atoms with Gasteiger partial charge in [-0.25, -0.2) is 4.98 Å². The third kappa shape index (κ3) is 2.06. The normalized spacial score (nSPS) is 13.8. The van der Waals surface area contributed by atoms with E-state index in [-0.39, 0.29) is 5.95 Å². The van der Waals surface area contributed by atoms with Crippen molar-refractivity contribution in [3.8, 4) is 0 Å². The summed E-state index contributed by atoms with van der Waals surface area (Å²) in [6.45, 7) is 1.44. The standard InChI is InChI=1S/C14H12ClFN2/c15-12-3-4-13-10(8-12)5-7-18(13)9-11-2-1-6-17-14(11)16/h1-4,6,8H,5,7,9H2. The molecule has 1 aliphatic rings. The van der Waals surface area contributed by atoms with Gasteiger partial charge in [-0.15, -0.1) is 0 Å². The average Bonchev–Trinajstić information content (AvgIpc) is 2.74. The minimum atomic E-state index is -0.389. The maximum atomic E-state index is 13.5. The topological polar surface area (TPSA) is 16.1 Å². The van der Waals surface area contributed by atoms with E-state index in [0.29, 0.717) is 12.1 Å². The summed E-state index contributed by atoms with van der Waals surface area (Å²) in [5.74, 6) is -0.389. The molecule has 0 fully saturated rings. The summed E-state index contributed by atoms with van der Waals surface area (Å²) in [6, 6.07) is 9.39. The minimum absolute atomic E-state index is 0.389. The van der Waals surface area contributed by atoms with Crippen LogP contribution in [0, 0.1) is 5.95 Å². The third-order valence-corrected chi connectivity index (χ3v) is 3.47. The second-order valence-corrected chi connectivity index (χ2v) is 4.83. The van der Waals surface area contributed by atoms with Gasteiger partial charge in [0.2, 0.25) is 5.95 Å². The Morgan fingerprint density at radius 2 is 2.22 bits per heavy atom. The molecular weight excluding hydrogens is 251 g/mol. The first-order valence-corrected chi connectivity index (χ1v) is 6.24. The van der Waals surface area contributed by atoms with E-state index in [1.165, 1.54) is 11.8 Å². The Labute approximate surface area is 110 Å². The lowest BCUT2D eigenvalue weighted by molar-refractivity contribution is 0.563. The van der Waals surface area contributed by atoms with E-state index in [4.69, 9.17) is 11.6 Å². The molecule has 18 heavy (non-hydrogen) atoms. The lowest BCUT2D eigenvalue weighted by Crippen LogP contribution is -2.20. The van der Waals surface area contributed by atoms with Crippen molar-refractivity contribution in [2.75, 3.05) is 11.4 Å². The highest BCUT2D eigenvalue weighted by Gasteiger charge is 2.20. The highest BCUT2D eigenvalue weighted by Crippen LogP contribution is 2.31. The summed E-state index contributed by atoms with van der Waals surface area (Å²) >= 11 is 5.97. The van der Waals surface area contributed by atoms with Gasteiger partial charge in [0.25, 0.3) is 0 Å². The molecule has 0 bridgehead atoms. The molecule has 0 spiro atoms. The van der Waals surface area contributed by atoms with Crippen molar-refractivity contribution >= 4 is 17.3 Å². The van der Waals surface area contributed by atoms with Gasteiger partial charge in [-0.2, -0.15) is 4.39 Å². The molecule has 0 radical (unpaired) electrons. The van der Waals surface area contributed by atoms with Crippen molar-refractivity contribution in [3.05, 3.63) is 58.6 Å². The summed E-state index contributed by atoms with van der Waals surface area (Å²) in [7, 11) is 0. The fourth-order valence-corrected chi connectivity index (χ4v) is 2.54. The molecule has 2 heterocycles. The highest BCUT2D eigenvalue weighted by molar-refractivity contribution is 6.30. The zero-order valence-electron chi connectivity index (χ0n) is 9.74. The number of halogens is 2. The molecule has 2 nitrogen and oxygen atoms in total. The Morgan fingerprint density at radius 1 is 1.33 bits per heavy atom. The van der Waals surface area contributed by atoms with Crippen LogP contribution in [-0.2, 0) is 13.0 Å². The van der Waals surface area contributed by atoms with Crippen molar-refractivity contribution in [1.29, 1.82) is 0 Å². The molecule has 1 aliphatic heterocycles. The minimum Gasteiger partial charge on any atom is -0.366 e. The van der Waals surface area contributed by atoms with Crippen LogP contribution in [0.4, 0.5) is 10.1 Å². The van der Waals surface area contributed by atoms with Gasteiger partial charge in [-0.1, -0.05) is 17.7 Å². The summed E-state index contributed by atoms with van der Waals surface area (Å²) in [5, 5.41) is 0.753. The van der Waals surface area contributed by atoms with E-state index in [9.17, 15) is 4.39 Å². The Morgan fingerprint density at radius 3 is 3.06 bits per heavy atom. The van der Waals surface area contributed by atoms with E-state index in [1.54, 1.807) is 12.1 Å². The molecule has 0 unspecified atom stereocenters. The molecule has 0 atom stereocenters. The summed E-state index contributed by atoms with van der Waals surface area (Å²) in [6.07, 6.45) is 2.42. The molecule has 2 aromatic rings. The number of hydrogen-bond acceptors (Lipinski definition) is 2. The van der Waals surface area contributed by atoms with E-state index in [2.05, 4.69) is 9.88 Å². The van der Waals surface area contributed by atoms with E-state index >= 15 is 0 Å². The van der Waals surface area contributed by atoms with Crippen LogP contribution < -0.4 is 4.90 Å². The van der Waals surface area contributed by atoms with Gasteiger partial charge in [-0.05, 0) is 36.2 Å². The molecule has 0 saturated carbocycles. The number of rotatable bonds is 2. The Kier molecular flexibility index (Phi) is 2.92. The van der Waals surface area contributed by atoms with Gasteiger partial charge in [0.1, 0.15) is 0 Å². The van der Waals surface area contributed by atoms with E-state index in [1.807, 2.05) is 18.2 Å². The number of benzene rings is 1. The van der Waals surface area contributed by atoms with Gasteiger partial charge in [0, 0.05) is 35.6 Å². The maximum Gasteiger partial charge on any atom is 0.217 e. The van der Waals surface area contributed by atoms with Gasteiger partial charge >= 0.3 is 0 Å². The molecule has 0 amide bonds. The van der Waals surface area contributed by atoms with Gasteiger partial charge < -0.3 is 4.90 Å². The molecule has 0 N–H and O–H groups in total. The van der Waals surface area contributed by atoms with Crippen LogP contribution in [0.15, 0.2) is 36.5 Å². The van der Waals surface area contributed by atoms with Gasteiger partial charge in [0.05, 0.1) is 0 Å². The van der Waals surface area contributed by atoms with Crippen LogP contribution >= 0.6 is 11.6 Å². The predicted octanol–water partition coefficient (Wildman–Crippen LogP) is 3.44. The molecule has 3 rings (SSSR count). The van der Waals surface area contributed by atoms with Crippen LogP contribution in [-0.4, -0.2) is 11.5 Å². The van der Waals surface area contributed by atoms with E-state index < -0.39 is 0 Å². The second-order valence-electron chi connectivity index (χ2n) is 4.40. The number of anilines is 1. The van der Waals surface area contributed by atoms with Crippen molar-refractivity contribution in [2.24, 2.45) is 0 Å². The first-order valence-electron chi connectivity index (χ1n) is 5.87. The van der Waals surface area contributed by atoms with Gasteiger partial charge in [0.15, 0.2) is 0 Å². The lowest BCUT2D eigenvalue weighted by atomic mass is 10.2. The van der Waals surface area contributed by atoms with Gasteiger partial charge in [-0.3, -0.25) is 0 Å². The van der Waals surface area contributed by atoms with E-state index in [0.717, 1.165) is 23.7 Å². The molecule has 1 aromatic carbocycles. The quantitative estimate of drug-likeness (QED) is 0.771. The Balaban J connectivity index is 1.87. The number of nitrogens with zero attached hydrogens (tertiary/aromatic N) is 2. The molecular formula is C14H12ClFN2.